The quantitative estimate of drug-likeness (QED) is 0.593. The molecular weight excluding hydrogens is 442 g/mol. The molecule has 1 aliphatic rings. The monoisotopic (exact) mass is 464 g/mol. The highest BCUT2D eigenvalue weighted by molar-refractivity contribution is 7.89. The van der Waals surface area contributed by atoms with E-state index in [1.807, 2.05) is 0 Å². The lowest BCUT2D eigenvalue weighted by Crippen LogP contribution is -2.42. The minimum absolute atomic E-state index is 0.0606. The molecule has 12 heteroatoms. The van der Waals surface area contributed by atoms with Crippen molar-refractivity contribution < 1.29 is 21.9 Å². The maximum Gasteiger partial charge on any atom is 0.212 e. The predicted octanol–water partition coefficient (Wildman–Crippen LogP) is 1.93. The Morgan fingerprint density at radius 2 is 1.91 bits per heavy atom. The minimum Gasteiger partial charge on any atom is -0.481 e. The SMILES string of the molecule is COc1cc(-c2ncc(F)c(N3CCC(S(N)(=O)=O)CC3)n2)nn1Cc1ccccc1F. The largest absolute Gasteiger partial charge is 0.481 e. The lowest BCUT2D eigenvalue weighted by atomic mass is 10.1. The Hall–Kier alpha value is -3.12. The smallest absolute Gasteiger partial charge is 0.212 e. The van der Waals surface area contributed by atoms with Gasteiger partial charge in [-0.2, -0.15) is 5.10 Å². The van der Waals surface area contributed by atoms with Crippen LogP contribution < -0.4 is 14.8 Å². The van der Waals surface area contributed by atoms with Gasteiger partial charge in [-0.1, -0.05) is 18.2 Å². The third-order valence-corrected chi connectivity index (χ3v) is 6.79. The second-order valence-corrected chi connectivity index (χ2v) is 9.31. The molecule has 0 atom stereocenters. The van der Waals surface area contributed by atoms with E-state index in [0.29, 0.717) is 30.2 Å². The van der Waals surface area contributed by atoms with E-state index in [4.69, 9.17) is 9.88 Å². The molecule has 0 radical (unpaired) electrons. The molecule has 2 aromatic heterocycles. The van der Waals surface area contributed by atoms with Crippen LogP contribution in [0.1, 0.15) is 18.4 Å². The van der Waals surface area contributed by atoms with Crippen LogP contribution in [0.3, 0.4) is 0 Å². The molecule has 0 spiro atoms. The Morgan fingerprint density at radius 1 is 1.19 bits per heavy atom. The molecule has 32 heavy (non-hydrogen) atoms. The van der Waals surface area contributed by atoms with Crippen molar-refractivity contribution in [3.63, 3.8) is 0 Å². The number of sulfonamides is 1. The number of ether oxygens (including phenoxy) is 1. The topological polar surface area (TPSA) is 116 Å². The van der Waals surface area contributed by atoms with Crippen molar-refractivity contribution in [3.05, 3.63) is 53.7 Å². The zero-order chi connectivity index (χ0) is 22.9. The summed E-state index contributed by atoms with van der Waals surface area (Å²) in [6.45, 7) is 0.712. The summed E-state index contributed by atoms with van der Waals surface area (Å²) in [4.78, 5) is 10.0. The molecule has 0 bridgehead atoms. The average molecular weight is 464 g/mol. The first-order valence-corrected chi connectivity index (χ1v) is 11.5. The van der Waals surface area contributed by atoms with Gasteiger partial charge in [-0.15, -0.1) is 0 Å². The van der Waals surface area contributed by atoms with E-state index in [2.05, 4.69) is 15.1 Å². The van der Waals surface area contributed by atoms with Gasteiger partial charge >= 0.3 is 0 Å². The molecule has 4 rings (SSSR count). The van der Waals surface area contributed by atoms with Gasteiger partial charge in [0.2, 0.25) is 15.9 Å². The average Bonchev–Trinajstić information content (AvgIpc) is 3.18. The van der Waals surface area contributed by atoms with Crippen molar-refractivity contribution in [3.8, 4) is 17.4 Å². The maximum atomic E-state index is 14.5. The van der Waals surface area contributed by atoms with Gasteiger partial charge < -0.3 is 9.64 Å². The Labute approximate surface area is 183 Å². The van der Waals surface area contributed by atoms with Gasteiger partial charge in [-0.3, -0.25) is 0 Å². The first-order valence-electron chi connectivity index (χ1n) is 9.91. The van der Waals surface area contributed by atoms with Crippen molar-refractivity contribution in [2.24, 2.45) is 5.14 Å². The number of methoxy groups -OCH3 is 1. The molecule has 2 N–H and O–H groups in total. The van der Waals surface area contributed by atoms with Crippen molar-refractivity contribution in [2.75, 3.05) is 25.1 Å². The second kappa shape index (κ2) is 8.79. The zero-order valence-electron chi connectivity index (χ0n) is 17.3. The number of nitrogens with two attached hydrogens (primary N) is 1. The summed E-state index contributed by atoms with van der Waals surface area (Å²) in [6.07, 6.45) is 1.61. The number of aromatic nitrogens is 4. The van der Waals surface area contributed by atoms with Crippen molar-refractivity contribution in [2.45, 2.75) is 24.6 Å². The zero-order valence-corrected chi connectivity index (χ0v) is 18.1. The van der Waals surface area contributed by atoms with E-state index in [1.54, 1.807) is 29.2 Å². The van der Waals surface area contributed by atoms with E-state index in [-0.39, 0.29) is 36.8 Å². The van der Waals surface area contributed by atoms with Crippen molar-refractivity contribution in [1.82, 2.24) is 19.7 Å². The number of anilines is 1. The molecule has 1 saturated heterocycles. The molecular formula is C20H22F2N6O3S. The van der Waals surface area contributed by atoms with Gasteiger partial charge in [0.05, 0.1) is 25.1 Å². The minimum atomic E-state index is -3.63. The summed E-state index contributed by atoms with van der Waals surface area (Å²) >= 11 is 0. The highest BCUT2D eigenvalue weighted by Gasteiger charge is 2.29. The Balaban J connectivity index is 1.60. The van der Waals surface area contributed by atoms with Gasteiger partial charge in [0.1, 0.15) is 11.5 Å². The van der Waals surface area contributed by atoms with Gasteiger partial charge in [-0.05, 0) is 18.9 Å². The summed E-state index contributed by atoms with van der Waals surface area (Å²) in [7, 11) is -2.17. The first-order chi connectivity index (χ1) is 15.3. The van der Waals surface area contributed by atoms with Crippen LogP contribution in [0.5, 0.6) is 5.88 Å². The number of benzene rings is 1. The summed E-state index contributed by atoms with van der Waals surface area (Å²) in [5, 5.41) is 8.99. The van der Waals surface area contributed by atoms with Gasteiger partial charge in [0, 0.05) is 24.7 Å². The fourth-order valence-corrected chi connectivity index (χ4v) is 4.54. The highest BCUT2D eigenvalue weighted by atomic mass is 32.2. The second-order valence-electron chi connectivity index (χ2n) is 7.46. The van der Waals surface area contributed by atoms with E-state index in [9.17, 15) is 17.2 Å². The van der Waals surface area contributed by atoms with Crippen LogP contribution in [-0.4, -0.2) is 53.6 Å². The molecule has 1 aromatic carbocycles. The lowest BCUT2D eigenvalue weighted by molar-refractivity contribution is 0.365. The Morgan fingerprint density at radius 3 is 2.56 bits per heavy atom. The third-order valence-electron chi connectivity index (χ3n) is 5.39. The molecule has 170 valence electrons. The van der Waals surface area contributed by atoms with Crippen molar-refractivity contribution in [1.29, 1.82) is 0 Å². The molecule has 1 fully saturated rings. The van der Waals surface area contributed by atoms with Crippen LogP contribution in [0.25, 0.3) is 11.5 Å². The van der Waals surface area contributed by atoms with Gasteiger partial charge in [0.25, 0.3) is 0 Å². The van der Waals surface area contributed by atoms with Crippen LogP contribution in [0.4, 0.5) is 14.6 Å². The fraction of sp³-hybridized carbons (Fsp3) is 0.350. The standard InChI is InChI=1S/C20H22F2N6O3S/c1-31-18-10-17(26-28(18)12-13-4-2-3-5-15(13)21)19-24-11-16(22)20(25-19)27-8-6-14(7-9-27)32(23,29)30/h2-5,10-11,14H,6-9,12H2,1H3,(H2,23,29,30). The Kier molecular flexibility index (Phi) is 6.07. The van der Waals surface area contributed by atoms with Crippen LogP contribution in [0, 0.1) is 11.6 Å². The Bertz CT molecular complexity index is 1230. The van der Waals surface area contributed by atoms with Crippen LogP contribution in [0.2, 0.25) is 0 Å². The lowest BCUT2D eigenvalue weighted by Gasteiger charge is -2.31. The van der Waals surface area contributed by atoms with Crippen LogP contribution in [0.15, 0.2) is 36.5 Å². The molecule has 3 aromatic rings. The molecule has 0 saturated carbocycles. The van der Waals surface area contributed by atoms with E-state index in [1.165, 1.54) is 17.9 Å². The molecule has 0 unspecified atom stereocenters. The van der Waals surface area contributed by atoms with Crippen LogP contribution in [-0.2, 0) is 16.6 Å². The van der Waals surface area contributed by atoms with E-state index >= 15 is 0 Å². The number of piperidine rings is 1. The fourth-order valence-electron chi connectivity index (χ4n) is 3.67. The summed E-state index contributed by atoms with van der Waals surface area (Å²) in [6, 6.07) is 7.92. The first kappa shape index (κ1) is 22.1. The number of primary sulfonamides is 1. The number of hydrogen-bond donors (Lipinski definition) is 1. The van der Waals surface area contributed by atoms with E-state index < -0.39 is 21.1 Å². The number of halogens is 2. The number of nitrogens with zero attached hydrogens (tertiary/aromatic N) is 5. The molecule has 9 nitrogen and oxygen atoms in total. The van der Waals surface area contributed by atoms with Gasteiger partial charge in [0.15, 0.2) is 17.5 Å². The maximum absolute atomic E-state index is 14.5. The van der Waals surface area contributed by atoms with Crippen LogP contribution >= 0.6 is 0 Å². The molecule has 1 aliphatic heterocycles. The van der Waals surface area contributed by atoms with Gasteiger partial charge in [-0.25, -0.2) is 37.0 Å². The predicted molar refractivity (Wildman–Crippen MR) is 114 cm³/mol. The van der Waals surface area contributed by atoms with Crippen molar-refractivity contribution >= 4 is 15.8 Å². The third kappa shape index (κ3) is 4.55. The summed E-state index contributed by atoms with van der Waals surface area (Å²) < 4.78 is 58.5. The summed E-state index contributed by atoms with van der Waals surface area (Å²) in [5.41, 5.74) is 0.762. The number of hydrogen-bond acceptors (Lipinski definition) is 7. The normalized spacial score (nSPS) is 15.2. The van der Waals surface area contributed by atoms with E-state index in [0.717, 1.165) is 6.20 Å². The molecule has 3 heterocycles. The highest BCUT2D eigenvalue weighted by Crippen LogP contribution is 2.27. The molecule has 0 aliphatic carbocycles. The summed E-state index contributed by atoms with van der Waals surface area (Å²) in [5.74, 6) is -0.395. The number of rotatable bonds is 6. The molecule has 0 amide bonds.